The van der Waals surface area contributed by atoms with Crippen LogP contribution in [0.1, 0.15) is 59.9 Å². The summed E-state index contributed by atoms with van der Waals surface area (Å²) in [6, 6.07) is 3.82. The van der Waals surface area contributed by atoms with Crippen LogP contribution in [0.2, 0.25) is 0 Å². The Morgan fingerprint density at radius 2 is 1.81 bits per heavy atom. The van der Waals surface area contributed by atoms with Crippen LogP contribution < -0.4 is 16.1 Å². The molecule has 206 valence electrons. The first kappa shape index (κ1) is 29.1. The van der Waals surface area contributed by atoms with Crippen molar-refractivity contribution in [2.24, 2.45) is 11.3 Å². The lowest BCUT2D eigenvalue weighted by atomic mass is 9.88. The summed E-state index contributed by atoms with van der Waals surface area (Å²) in [6.07, 6.45) is 1.85. The number of nitrogens with zero attached hydrogens (tertiary/aromatic N) is 2. The number of aromatic nitrogens is 1. The number of aromatic amines is 1. The fourth-order valence-corrected chi connectivity index (χ4v) is 5.69. The summed E-state index contributed by atoms with van der Waals surface area (Å²) in [7, 11) is 0. The lowest BCUT2D eigenvalue weighted by Crippen LogP contribution is -2.49. The number of carbonyl (C=O) groups is 2. The summed E-state index contributed by atoms with van der Waals surface area (Å²) >= 11 is 1.83. The van der Waals surface area contributed by atoms with Gasteiger partial charge in [-0.15, -0.1) is 11.8 Å². The van der Waals surface area contributed by atoms with Crippen LogP contribution in [0.15, 0.2) is 17.2 Å². The minimum atomic E-state index is -0.295. The second-order valence-corrected chi connectivity index (χ2v) is 13.7. The number of carbonyl (C=O) groups excluding carboxylic acids is 2. The fraction of sp³-hybridized carbons (Fsp3) is 0.630. The van der Waals surface area contributed by atoms with Gasteiger partial charge in [0.05, 0.1) is 10.5 Å². The van der Waals surface area contributed by atoms with Crippen molar-refractivity contribution in [1.82, 2.24) is 15.2 Å². The number of benzene rings is 1. The number of nitrogens with one attached hydrogen (secondary N) is 2. The topological polar surface area (TPSA) is 124 Å². The number of amides is 2. The highest BCUT2D eigenvalue weighted by Gasteiger charge is 2.28. The van der Waals surface area contributed by atoms with Crippen LogP contribution in [-0.4, -0.2) is 70.9 Å². The number of phenolic OH excluding ortho intramolecular Hbond substituents is 1. The number of rotatable bonds is 9. The van der Waals surface area contributed by atoms with Crippen molar-refractivity contribution in [1.29, 1.82) is 0 Å². The number of thioether (sulfide) groups is 1. The highest BCUT2D eigenvalue weighted by Crippen LogP contribution is 2.44. The van der Waals surface area contributed by atoms with Crippen molar-refractivity contribution < 1.29 is 19.5 Å². The molecule has 1 fully saturated rings. The van der Waals surface area contributed by atoms with Crippen molar-refractivity contribution in [3.05, 3.63) is 17.7 Å². The van der Waals surface area contributed by atoms with Gasteiger partial charge in [0.15, 0.2) is 0 Å². The monoisotopic (exact) mass is 533 g/mol. The quantitative estimate of drug-likeness (QED) is 0.220. The number of piperazine rings is 1. The van der Waals surface area contributed by atoms with E-state index in [1.807, 2.05) is 22.7 Å². The number of hydrogen-bond donors (Lipinski definition) is 4. The number of anilines is 1. The van der Waals surface area contributed by atoms with Gasteiger partial charge in [0.2, 0.25) is 11.8 Å². The van der Waals surface area contributed by atoms with Crippen LogP contribution in [0.5, 0.6) is 5.75 Å². The van der Waals surface area contributed by atoms with Gasteiger partial charge < -0.3 is 25.2 Å². The summed E-state index contributed by atoms with van der Waals surface area (Å²) in [4.78, 5) is 36.1. The van der Waals surface area contributed by atoms with Gasteiger partial charge in [-0.25, -0.2) is 5.90 Å². The van der Waals surface area contributed by atoms with Gasteiger partial charge >= 0.3 is 0 Å². The summed E-state index contributed by atoms with van der Waals surface area (Å²) in [5.74, 6) is 4.91. The molecule has 2 aromatic rings. The molecule has 3 rings (SSSR count). The highest BCUT2D eigenvalue weighted by atomic mass is 32.2. The zero-order valence-electron chi connectivity index (χ0n) is 23.1. The second kappa shape index (κ2) is 12.0. The largest absolute Gasteiger partial charge is 0.506 e. The Bertz CT molecular complexity index is 1090. The molecule has 1 aliphatic rings. The molecule has 1 saturated heterocycles. The minimum Gasteiger partial charge on any atom is -0.506 e. The zero-order chi connectivity index (χ0) is 27.4. The van der Waals surface area contributed by atoms with Crippen LogP contribution in [0.4, 0.5) is 5.69 Å². The van der Waals surface area contributed by atoms with E-state index in [1.54, 1.807) is 6.07 Å². The minimum absolute atomic E-state index is 0.0444. The fourth-order valence-electron chi connectivity index (χ4n) is 4.62. The van der Waals surface area contributed by atoms with E-state index in [0.29, 0.717) is 45.6 Å². The van der Waals surface area contributed by atoms with E-state index in [4.69, 9.17) is 5.90 Å². The lowest BCUT2D eigenvalue weighted by Gasteiger charge is -2.36. The number of aromatic hydroxyl groups is 1. The number of hydrogen-bond acceptors (Lipinski definition) is 7. The van der Waals surface area contributed by atoms with Crippen LogP contribution in [0, 0.1) is 5.41 Å². The Kier molecular flexibility index (Phi) is 9.42. The Balaban J connectivity index is 1.74. The molecule has 0 aliphatic carbocycles. The Morgan fingerprint density at radius 3 is 2.41 bits per heavy atom. The van der Waals surface area contributed by atoms with Gasteiger partial charge in [0.25, 0.3) is 0 Å². The van der Waals surface area contributed by atoms with Crippen LogP contribution in [-0.2, 0) is 20.8 Å². The second-order valence-electron chi connectivity index (χ2n) is 11.9. The third kappa shape index (κ3) is 8.02. The molecule has 5 N–H and O–H groups in total. The Hall–Kier alpha value is -2.43. The Morgan fingerprint density at radius 1 is 1.14 bits per heavy atom. The molecular formula is C27H43N5O4S. The molecule has 0 atom stereocenters. The maximum absolute atomic E-state index is 12.7. The van der Waals surface area contributed by atoms with E-state index in [1.165, 1.54) is 5.56 Å². The molecule has 1 aromatic heterocycles. The Labute approximate surface area is 224 Å². The first-order chi connectivity index (χ1) is 17.3. The zero-order valence-corrected chi connectivity index (χ0v) is 23.9. The molecule has 0 saturated carbocycles. The van der Waals surface area contributed by atoms with Crippen molar-refractivity contribution in [2.75, 3.05) is 44.2 Å². The van der Waals surface area contributed by atoms with Crippen molar-refractivity contribution in [2.45, 2.75) is 70.6 Å². The smallest absolute Gasteiger partial charge is 0.248 e. The van der Waals surface area contributed by atoms with E-state index in [0.717, 1.165) is 28.0 Å². The van der Waals surface area contributed by atoms with E-state index in [2.05, 4.69) is 61.6 Å². The van der Waals surface area contributed by atoms with Crippen molar-refractivity contribution in [3.63, 3.8) is 0 Å². The predicted octanol–water partition coefficient (Wildman–Crippen LogP) is 3.79. The number of nitrogens with two attached hydrogens (primary N) is 1. The average molecular weight is 534 g/mol. The van der Waals surface area contributed by atoms with Crippen LogP contribution in [0.25, 0.3) is 10.9 Å². The molecule has 0 radical (unpaired) electrons. The van der Waals surface area contributed by atoms with E-state index in [-0.39, 0.29) is 34.3 Å². The van der Waals surface area contributed by atoms with Crippen molar-refractivity contribution >= 4 is 40.2 Å². The standard InChI is InChI=1S/C27H43N5O4S/c1-26(2,3)16-19-18-9-10-20(33)24(23(18)30-25(19)37-27(4,5)6)32-14-12-31(13-15-32)22(35)8-7-11-29-21(34)17-36-28/h9-10,30,33H,7-8,11-17,28H2,1-6H3,(H,29,34). The summed E-state index contributed by atoms with van der Waals surface area (Å²) < 4.78 is 0.0444. The summed E-state index contributed by atoms with van der Waals surface area (Å²) in [5.41, 5.74) is 3.18. The number of H-pyrrole nitrogens is 1. The molecule has 10 heteroatoms. The van der Waals surface area contributed by atoms with Gasteiger partial charge in [0.1, 0.15) is 18.0 Å². The molecule has 0 spiro atoms. The number of phenols is 1. The molecule has 37 heavy (non-hydrogen) atoms. The molecule has 2 heterocycles. The normalized spacial score (nSPS) is 14.9. The van der Waals surface area contributed by atoms with E-state index < -0.39 is 0 Å². The summed E-state index contributed by atoms with van der Waals surface area (Å²) in [6.45, 7) is 16.0. The third-order valence-corrected chi connectivity index (χ3v) is 7.33. The van der Waals surface area contributed by atoms with Crippen LogP contribution in [0.3, 0.4) is 0 Å². The van der Waals surface area contributed by atoms with Gasteiger partial charge in [0, 0.05) is 49.3 Å². The molecule has 1 aromatic carbocycles. The first-order valence-electron chi connectivity index (χ1n) is 13.0. The molecule has 1 aliphatic heterocycles. The van der Waals surface area contributed by atoms with E-state index in [9.17, 15) is 14.7 Å². The van der Waals surface area contributed by atoms with Gasteiger partial charge in [-0.05, 0) is 36.0 Å². The lowest BCUT2D eigenvalue weighted by molar-refractivity contribution is -0.132. The molecule has 2 amide bonds. The average Bonchev–Trinajstić information content (AvgIpc) is 3.10. The predicted molar refractivity (Wildman–Crippen MR) is 150 cm³/mol. The first-order valence-corrected chi connectivity index (χ1v) is 13.8. The molecule has 0 unspecified atom stereocenters. The maximum Gasteiger partial charge on any atom is 0.248 e. The number of fused-ring (bicyclic) bond motifs is 1. The molecular weight excluding hydrogens is 490 g/mol. The maximum atomic E-state index is 12.7. The van der Waals surface area contributed by atoms with E-state index >= 15 is 0 Å². The third-order valence-electron chi connectivity index (χ3n) is 6.16. The highest BCUT2D eigenvalue weighted by molar-refractivity contribution is 8.00. The summed E-state index contributed by atoms with van der Waals surface area (Å²) in [5, 5.41) is 15.9. The molecule has 0 bridgehead atoms. The van der Waals surface area contributed by atoms with Gasteiger partial charge in [-0.3, -0.25) is 14.4 Å². The van der Waals surface area contributed by atoms with Gasteiger partial charge in [-0.1, -0.05) is 41.5 Å². The molecule has 9 nitrogen and oxygen atoms in total. The van der Waals surface area contributed by atoms with Gasteiger partial charge in [-0.2, -0.15) is 0 Å². The van der Waals surface area contributed by atoms with Crippen LogP contribution >= 0.6 is 11.8 Å². The SMILES string of the molecule is CC(C)(C)Cc1c(SC(C)(C)C)[nH]c2c(N3CCN(C(=O)CCCNC(=O)CON)CC3)c(O)ccc12. The van der Waals surface area contributed by atoms with Crippen molar-refractivity contribution in [3.8, 4) is 5.75 Å².